The van der Waals surface area contributed by atoms with Crippen molar-refractivity contribution in [1.82, 2.24) is 20.5 Å². The third-order valence-electron chi connectivity index (χ3n) is 4.69. The van der Waals surface area contributed by atoms with Crippen molar-refractivity contribution in [3.8, 4) is 0 Å². The van der Waals surface area contributed by atoms with Crippen molar-refractivity contribution in [2.75, 3.05) is 26.2 Å². The molecule has 1 aromatic rings. The van der Waals surface area contributed by atoms with Gasteiger partial charge in [0.25, 0.3) is 5.91 Å². The molecule has 2 aliphatic heterocycles. The predicted molar refractivity (Wildman–Crippen MR) is 109 cm³/mol. The number of nitrogens with one attached hydrogen (secondary N) is 2. The van der Waals surface area contributed by atoms with E-state index in [4.69, 9.17) is 0 Å². The molecule has 0 bridgehead atoms. The molecule has 2 amide bonds. The van der Waals surface area contributed by atoms with Gasteiger partial charge in [-0.3, -0.25) is 9.59 Å². The van der Waals surface area contributed by atoms with Gasteiger partial charge in [-0.25, -0.2) is 4.98 Å². The topological polar surface area (TPSA) is 74.3 Å². The fourth-order valence-electron chi connectivity index (χ4n) is 3.36. The first kappa shape index (κ1) is 23.1. The number of carbonyl (C=O) groups is 2. The van der Waals surface area contributed by atoms with Crippen LogP contribution in [0.15, 0.2) is 22.8 Å². The predicted octanol–water partition coefficient (Wildman–Crippen LogP) is 2.41. The summed E-state index contributed by atoms with van der Waals surface area (Å²) in [5, 5.41) is 6.25. The molecule has 2 saturated heterocycles. The van der Waals surface area contributed by atoms with Crippen molar-refractivity contribution >= 4 is 52.6 Å². The second-order valence-corrected chi connectivity index (χ2v) is 7.43. The second-order valence-electron chi connectivity index (χ2n) is 6.52. The average molecular weight is 468 g/mol. The number of pyridine rings is 1. The Hall–Kier alpha value is -0.890. The van der Waals surface area contributed by atoms with E-state index in [2.05, 4.69) is 31.5 Å². The van der Waals surface area contributed by atoms with Crippen molar-refractivity contribution in [3.05, 3.63) is 28.5 Å². The number of amides is 2. The van der Waals surface area contributed by atoms with Gasteiger partial charge >= 0.3 is 0 Å². The van der Waals surface area contributed by atoms with E-state index in [0.717, 1.165) is 43.2 Å². The van der Waals surface area contributed by atoms with Crippen LogP contribution in [-0.4, -0.2) is 53.9 Å². The number of carbonyl (C=O) groups excluding carboxylic acids is 2. The Morgan fingerprint density at radius 1 is 1.27 bits per heavy atom. The molecule has 146 valence electrons. The van der Waals surface area contributed by atoms with Gasteiger partial charge in [0.15, 0.2) is 0 Å². The van der Waals surface area contributed by atoms with Crippen LogP contribution in [0.3, 0.4) is 0 Å². The van der Waals surface area contributed by atoms with Gasteiger partial charge in [0, 0.05) is 30.3 Å². The lowest BCUT2D eigenvalue weighted by Crippen LogP contribution is -2.46. The quantitative estimate of drug-likeness (QED) is 0.712. The molecule has 1 aromatic heterocycles. The minimum absolute atomic E-state index is 0. The van der Waals surface area contributed by atoms with Crippen molar-refractivity contribution < 1.29 is 9.59 Å². The van der Waals surface area contributed by atoms with E-state index >= 15 is 0 Å². The monoisotopic (exact) mass is 466 g/mol. The first-order chi connectivity index (χ1) is 11.6. The van der Waals surface area contributed by atoms with E-state index in [9.17, 15) is 9.59 Å². The summed E-state index contributed by atoms with van der Waals surface area (Å²) in [6.07, 6.45) is 5.62. The summed E-state index contributed by atoms with van der Waals surface area (Å²) < 4.78 is 0.860. The van der Waals surface area contributed by atoms with Crippen LogP contribution in [0.4, 0.5) is 0 Å². The van der Waals surface area contributed by atoms with E-state index < -0.39 is 0 Å². The number of rotatable bonds is 4. The summed E-state index contributed by atoms with van der Waals surface area (Å²) in [5.41, 5.74) is 0.470. The zero-order valence-electron chi connectivity index (χ0n) is 14.4. The average Bonchev–Trinajstić information content (AvgIpc) is 3.15. The molecule has 0 radical (unpaired) electrons. The molecule has 2 unspecified atom stereocenters. The van der Waals surface area contributed by atoms with Gasteiger partial charge in [-0.1, -0.05) is 0 Å². The molecule has 6 nitrogen and oxygen atoms in total. The third kappa shape index (κ3) is 6.08. The zero-order chi connectivity index (χ0) is 16.9. The first-order valence-corrected chi connectivity index (χ1v) is 9.34. The standard InChI is InChI=1S/C17H23BrN4O2.2ClH/c18-13-5-6-15(20-10-13)17(24)22-8-2-3-12(11-22)9-21-16(23)14-4-1-7-19-14;;/h5-6,10,12,14,19H,1-4,7-9,11H2,(H,21,23);2*1H. The van der Waals surface area contributed by atoms with Gasteiger partial charge in [0.2, 0.25) is 5.91 Å². The number of nitrogens with zero attached hydrogens (tertiary/aromatic N) is 2. The SMILES string of the molecule is Cl.Cl.O=C(NCC1CCCN(C(=O)c2ccc(Br)cn2)C1)C1CCCN1. The molecule has 2 atom stereocenters. The summed E-state index contributed by atoms with van der Waals surface area (Å²) in [5.74, 6) is 0.366. The van der Waals surface area contributed by atoms with Gasteiger partial charge in [0.1, 0.15) is 5.69 Å². The van der Waals surface area contributed by atoms with Crippen LogP contribution in [0.2, 0.25) is 0 Å². The molecule has 26 heavy (non-hydrogen) atoms. The van der Waals surface area contributed by atoms with E-state index in [0.29, 0.717) is 24.7 Å². The molecule has 9 heteroatoms. The lowest BCUT2D eigenvalue weighted by Gasteiger charge is -2.32. The Morgan fingerprint density at radius 2 is 2.08 bits per heavy atom. The lowest BCUT2D eigenvalue weighted by molar-refractivity contribution is -0.123. The van der Waals surface area contributed by atoms with Gasteiger partial charge < -0.3 is 15.5 Å². The maximum absolute atomic E-state index is 12.6. The maximum Gasteiger partial charge on any atom is 0.272 e. The van der Waals surface area contributed by atoms with Crippen LogP contribution >= 0.6 is 40.7 Å². The molecule has 2 N–H and O–H groups in total. The summed E-state index contributed by atoms with van der Waals surface area (Å²) in [6.45, 7) is 2.98. The normalized spacial score (nSPS) is 22.1. The molecule has 2 aliphatic rings. The van der Waals surface area contributed by atoms with Gasteiger partial charge in [-0.05, 0) is 66.2 Å². The number of halogens is 3. The molecule has 2 fully saturated rings. The molecule has 0 spiro atoms. The Morgan fingerprint density at radius 3 is 2.73 bits per heavy atom. The van der Waals surface area contributed by atoms with Crippen molar-refractivity contribution in [2.24, 2.45) is 5.92 Å². The molecular formula is C17H25BrCl2N4O2. The number of hydrogen-bond acceptors (Lipinski definition) is 4. The Kier molecular flexibility index (Phi) is 9.85. The van der Waals surface area contributed by atoms with Crippen molar-refractivity contribution in [1.29, 1.82) is 0 Å². The molecule has 0 saturated carbocycles. The van der Waals surface area contributed by atoms with E-state index in [1.807, 2.05) is 11.0 Å². The maximum atomic E-state index is 12.6. The van der Waals surface area contributed by atoms with Gasteiger partial charge in [-0.2, -0.15) is 0 Å². The fraction of sp³-hybridized carbons (Fsp3) is 0.588. The number of aromatic nitrogens is 1. The van der Waals surface area contributed by atoms with Crippen LogP contribution < -0.4 is 10.6 Å². The second kappa shape index (κ2) is 11.1. The van der Waals surface area contributed by atoms with E-state index in [-0.39, 0.29) is 42.7 Å². The Labute approximate surface area is 174 Å². The molecule has 3 rings (SSSR count). The number of hydrogen-bond donors (Lipinski definition) is 2. The number of piperidine rings is 1. The largest absolute Gasteiger partial charge is 0.354 e. The highest BCUT2D eigenvalue weighted by atomic mass is 79.9. The van der Waals surface area contributed by atoms with Crippen molar-refractivity contribution in [2.45, 2.75) is 31.7 Å². The zero-order valence-corrected chi connectivity index (χ0v) is 17.7. The molecular weight excluding hydrogens is 443 g/mol. The smallest absolute Gasteiger partial charge is 0.272 e. The van der Waals surface area contributed by atoms with Crippen LogP contribution in [0.25, 0.3) is 0 Å². The van der Waals surface area contributed by atoms with Crippen LogP contribution in [0.5, 0.6) is 0 Å². The Bertz CT molecular complexity index is 597. The fourth-order valence-corrected chi connectivity index (χ4v) is 3.59. The Balaban J connectivity index is 0.00000169. The third-order valence-corrected chi connectivity index (χ3v) is 5.16. The summed E-state index contributed by atoms with van der Waals surface area (Å²) in [7, 11) is 0. The summed E-state index contributed by atoms with van der Waals surface area (Å²) in [4.78, 5) is 30.7. The highest BCUT2D eigenvalue weighted by Crippen LogP contribution is 2.18. The summed E-state index contributed by atoms with van der Waals surface area (Å²) >= 11 is 3.33. The molecule has 3 heterocycles. The van der Waals surface area contributed by atoms with E-state index in [1.54, 1.807) is 12.3 Å². The minimum Gasteiger partial charge on any atom is -0.354 e. The van der Waals surface area contributed by atoms with Crippen LogP contribution in [-0.2, 0) is 4.79 Å². The first-order valence-electron chi connectivity index (χ1n) is 8.55. The molecule has 0 aromatic carbocycles. The highest BCUT2D eigenvalue weighted by molar-refractivity contribution is 9.10. The summed E-state index contributed by atoms with van der Waals surface area (Å²) in [6, 6.07) is 3.53. The number of likely N-dealkylation sites (tertiary alicyclic amines) is 1. The van der Waals surface area contributed by atoms with Gasteiger partial charge in [-0.15, -0.1) is 24.8 Å². The van der Waals surface area contributed by atoms with Crippen molar-refractivity contribution in [3.63, 3.8) is 0 Å². The van der Waals surface area contributed by atoms with Crippen LogP contribution in [0, 0.1) is 5.92 Å². The molecule has 0 aliphatic carbocycles. The van der Waals surface area contributed by atoms with E-state index in [1.165, 1.54) is 0 Å². The lowest BCUT2D eigenvalue weighted by atomic mass is 9.97. The minimum atomic E-state index is -0.0432. The van der Waals surface area contributed by atoms with Gasteiger partial charge in [0.05, 0.1) is 6.04 Å². The highest BCUT2D eigenvalue weighted by Gasteiger charge is 2.27. The van der Waals surface area contributed by atoms with Crippen LogP contribution in [0.1, 0.15) is 36.2 Å².